The minimum absolute atomic E-state index is 0.238. The number of aromatic nitrogens is 4. The van der Waals surface area contributed by atoms with Crippen LogP contribution < -0.4 is 10.6 Å². The van der Waals surface area contributed by atoms with Gasteiger partial charge in [0.25, 0.3) is 0 Å². The highest BCUT2D eigenvalue weighted by Crippen LogP contribution is 2.13. The lowest BCUT2D eigenvalue weighted by Gasteiger charge is -2.10. The van der Waals surface area contributed by atoms with Crippen molar-refractivity contribution in [1.82, 2.24) is 25.3 Å². The van der Waals surface area contributed by atoms with Gasteiger partial charge in [-0.25, -0.2) is 9.48 Å². The monoisotopic (exact) mass is 322 g/mol. The van der Waals surface area contributed by atoms with Gasteiger partial charge in [0.1, 0.15) is 0 Å². The number of rotatable bonds is 5. The van der Waals surface area contributed by atoms with Gasteiger partial charge in [0.05, 0.1) is 18.1 Å². The Morgan fingerprint density at radius 2 is 2.17 bits per heavy atom. The fourth-order valence-corrected chi connectivity index (χ4v) is 2.34. The predicted molar refractivity (Wildman–Crippen MR) is 91.1 cm³/mol. The van der Waals surface area contributed by atoms with Crippen LogP contribution in [0.25, 0.3) is 5.69 Å². The largest absolute Gasteiger partial charge is 0.338 e. The summed E-state index contributed by atoms with van der Waals surface area (Å²) in [7, 11) is 0. The summed E-state index contributed by atoms with van der Waals surface area (Å²) in [5.74, 6) is 0. The summed E-state index contributed by atoms with van der Waals surface area (Å²) >= 11 is 0. The number of aryl methyl sites for hydroxylation is 1. The van der Waals surface area contributed by atoms with Gasteiger partial charge in [-0.05, 0) is 48.7 Å². The number of nitrogens with one attached hydrogen (secondary N) is 2. The molecule has 7 heteroatoms. The second-order valence-electron chi connectivity index (χ2n) is 5.33. The van der Waals surface area contributed by atoms with Crippen LogP contribution in [0.2, 0.25) is 0 Å². The van der Waals surface area contributed by atoms with Crippen molar-refractivity contribution in [2.75, 3.05) is 11.9 Å². The molecule has 2 aromatic heterocycles. The third-order valence-corrected chi connectivity index (χ3v) is 3.61. The molecule has 0 fully saturated rings. The van der Waals surface area contributed by atoms with E-state index in [1.165, 1.54) is 5.56 Å². The first-order chi connectivity index (χ1) is 11.7. The van der Waals surface area contributed by atoms with Crippen LogP contribution in [0, 0.1) is 6.92 Å². The molecule has 3 aromatic rings. The Kier molecular flexibility index (Phi) is 4.81. The van der Waals surface area contributed by atoms with Crippen LogP contribution in [0.3, 0.4) is 0 Å². The number of urea groups is 1. The molecular weight excluding hydrogens is 304 g/mol. The van der Waals surface area contributed by atoms with Crippen LogP contribution in [0.1, 0.15) is 11.1 Å². The van der Waals surface area contributed by atoms with Gasteiger partial charge in [0.15, 0.2) is 0 Å². The second kappa shape index (κ2) is 7.36. The van der Waals surface area contributed by atoms with Crippen molar-refractivity contribution < 1.29 is 4.79 Å². The second-order valence-corrected chi connectivity index (χ2v) is 5.33. The van der Waals surface area contributed by atoms with Crippen molar-refractivity contribution in [1.29, 1.82) is 0 Å². The molecule has 7 nitrogen and oxygen atoms in total. The molecule has 0 aliphatic heterocycles. The van der Waals surface area contributed by atoms with Gasteiger partial charge in [-0.3, -0.25) is 4.98 Å². The van der Waals surface area contributed by atoms with E-state index in [1.807, 2.05) is 43.5 Å². The maximum atomic E-state index is 12.0. The van der Waals surface area contributed by atoms with Crippen molar-refractivity contribution in [3.8, 4) is 5.69 Å². The first kappa shape index (κ1) is 15.7. The number of nitrogens with zero attached hydrogens (tertiary/aromatic N) is 4. The van der Waals surface area contributed by atoms with Crippen molar-refractivity contribution in [3.63, 3.8) is 0 Å². The zero-order chi connectivity index (χ0) is 16.8. The zero-order valence-electron chi connectivity index (χ0n) is 13.3. The number of hydrogen-bond acceptors (Lipinski definition) is 4. The number of pyridine rings is 1. The van der Waals surface area contributed by atoms with Crippen LogP contribution >= 0.6 is 0 Å². The van der Waals surface area contributed by atoms with Crippen molar-refractivity contribution in [3.05, 3.63) is 66.2 Å². The Hall–Kier alpha value is -3.22. The molecule has 1 aromatic carbocycles. The van der Waals surface area contributed by atoms with Gasteiger partial charge in [0, 0.05) is 24.6 Å². The highest BCUT2D eigenvalue weighted by molar-refractivity contribution is 5.89. The average Bonchev–Trinajstić information content (AvgIpc) is 3.11. The third-order valence-electron chi connectivity index (χ3n) is 3.61. The molecule has 3 rings (SSSR count). The fourth-order valence-electron chi connectivity index (χ4n) is 2.34. The minimum Gasteiger partial charge on any atom is -0.338 e. The first-order valence-electron chi connectivity index (χ1n) is 7.63. The van der Waals surface area contributed by atoms with Crippen molar-refractivity contribution >= 4 is 11.7 Å². The van der Waals surface area contributed by atoms with Gasteiger partial charge in [-0.1, -0.05) is 11.3 Å². The van der Waals surface area contributed by atoms with E-state index in [2.05, 4.69) is 25.9 Å². The molecule has 122 valence electrons. The molecule has 2 heterocycles. The van der Waals surface area contributed by atoms with Gasteiger partial charge in [-0.2, -0.15) is 0 Å². The normalized spacial score (nSPS) is 10.4. The molecular formula is C17H18N6O. The third kappa shape index (κ3) is 3.95. The number of anilines is 1. The van der Waals surface area contributed by atoms with Crippen LogP contribution in [0.15, 0.2) is 55.1 Å². The zero-order valence-corrected chi connectivity index (χ0v) is 13.3. The van der Waals surface area contributed by atoms with Crippen LogP contribution in [0.4, 0.5) is 10.5 Å². The van der Waals surface area contributed by atoms with E-state index >= 15 is 0 Å². The summed E-state index contributed by atoms with van der Waals surface area (Å²) in [4.78, 5) is 16.1. The number of amides is 2. The molecule has 0 aliphatic carbocycles. The van der Waals surface area contributed by atoms with E-state index in [0.717, 1.165) is 17.7 Å². The number of benzene rings is 1. The molecule has 0 saturated carbocycles. The molecule has 2 amide bonds. The lowest BCUT2D eigenvalue weighted by atomic mass is 10.1. The fraction of sp³-hybridized carbons (Fsp3) is 0.176. The highest BCUT2D eigenvalue weighted by Gasteiger charge is 2.04. The van der Waals surface area contributed by atoms with E-state index in [4.69, 9.17) is 0 Å². The van der Waals surface area contributed by atoms with Gasteiger partial charge in [0.2, 0.25) is 0 Å². The number of carbonyl (C=O) groups excluding carboxylic acids is 1. The SMILES string of the molecule is Cc1cnccc1CCNC(=O)Nc1cccc(-n2ccnn2)c1. The van der Waals surface area contributed by atoms with Crippen LogP contribution in [0.5, 0.6) is 0 Å². The van der Waals surface area contributed by atoms with Gasteiger partial charge < -0.3 is 10.6 Å². The lowest BCUT2D eigenvalue weighted by Crippen LogP contribution is -2.30. The quantitative estimate of drug-likeness (QED) is 0.755. The van der Waals surface area contributed by atoms with Gasteiger partial charge >= 0.3 is 6.03 Å². The summed E-state index contributed by atoms with van der Waals surface area (Å²) in [6, 6.07) is 9.14. The van der Waals surface area contributed by atoms with Crippen molar-refractivity contribution in [2.24, 2.45) is 0 Å². The predicted octanol–water partition coefficient (Wildman–Crippen LogP) is 2.33. The first-order valence-corrected chi connectivity index (χ1v) is 7.63. The van der Waals surface area contributed by atoms with Crippen LogP contribution in [-0.4, -0.2) is 32.6 Å². The van der Waals surface area contributed by atoms with E-state index in [9.17, 15) is 4.79 Å². The molecule has 0 saturated heterocycles. The standard InChI is InChI=1S/C17H18N6O/c1-13-12-18-7-5-14(13)6-8-19-17(24)21-15-3-2-4-16(11-15)23-10-9-20-22-23/h2-5,7,9-12H,6,8H2,1H3,(H2,19,21,24). The molecule has 0 atom stereocenters. The summed E-state index contributed by atoms with van der Waals surface area (Å²) in [6.45, 7) is 2.57. The Morgan fingerprint density at radius 3 is 2.96 bits per heavy atom. The Bertz CT molecular complexity index is 815. The molecule has 0 bridgehead atoms. The maximum absolute atomic E-state index is 12.0. The average molecular weight is 322 g/mol. The Labute approximate surface area is 139 Å². The van der Waals surface area contributed by atoms with Gasteiger partial charge in [-0.15, -0.1) is 5.10 Å². The van der Waals surface area contributed by atoms with E-state index in [1.54, 1.807) is 23.3 Å². The summed E-state index contributed by atoms with van der Waals surface area (Å²) in [5.41, 5.74) is 3.83. The van der Waals surface area contributed by atoms with Crippen LogP contribution in [-0.2, 0) is 6.42 Å². The topological polar surface area (TPSA) is 84.7 Å². The molecule has 0 aliphatic rings. The molecule has 24 heavy (non-hydrogen) atoms. The molecule has 0 unspecified atom stereocenters. The molecule has 2 N–H and O–H groups in total. The van der Waals surface area contributed by atoms with Crippen molar-refractivity contribution in [2.45, 2.75) is 13.3 Å². The molecule has 0 radical (unpaired) electrons. The molecule has 0 spiro atoms. The maximum Gasteiger partial charge on any atom is 0.319 e. The Morgan fingerprint density at radius 1 is 1.25 bits per heavy atom. The summed E-state index contributed by atoms with van der Waals surface area (Å²) in [6.07, 6.45) is 7.70. The minimum atomic E-state index is -0.238. The Balaban J connectivity index is 1.54. The van der Waals surface area contributed by atoms with E-state index < -0.39 is 0 Å². The highest BCUT2D eigenvalue weighted by atomic mass is 16.2. The van der Waals surface area contributed by atoms with E-state index in [-0.39, 0.29) is 6.03 Å². The lowest BCUT2D eigenvalue weighted by molar-refractivity contribution is 0.252. The number of carbonyl (C=O) groups is 1. The summed E-state index contributed by atoms with van der Waals surface area (Å²) < 4.78 is 1.63. The number of hydrogen-bond donors (Lipinski definition) is 2. The van der Waals surface area contributed by atoms with E-state index in [0.29, 0.717) is 12.2 Å². The smallest absolute Gasteiger partial charge is 0.319 e. The summed E-state index contributed by atoms with van der Waals surface area (Å²) in [5, 5.41) is 13.4.